The molecule has 3 nitrogen and oxygen atoms in total. The second-order valence-electron chi connectivity index (χ2n) is 0.0894. The van der Waals surface area contributed by atoms with Crippen LogP contribution < -0.4 is 0 Å². The largest absolute Gasteiger partial charge is 0.373 e. The molecule has 4 heteroatoms. The van der Waals surface area contributed by atoms with E-state index >= 15 is 0 Å². The minimum Gasteiger partial charge on any atom is -0.373 e. The Morgan fingerprint density at radius 2 is 1.25 bits per heavy atom. The summed E-state index contributed by atoms with van der Waals surface area (Å²) in [7, 11) is 0. The maximum atomic E-state index is 6.75. The zero-order valence-corrected chi connectivity index (χ0v) is 3.31. The van der Waals surface area contributed by atoms with Crippen LogP contribution in [0.2, 0.25) is 0 Å². The Labute approximate surface area is 33.8 Å². The third-order valence-electron chi connectivity index (χ3n) is 0. The molecule has 0 aromatic carbocycles. The van der Waals surface area contributed by atoms with E-state index in [1.54, 1.807) is 0 Å². The van der Waals surface area contributed by atoms with Crippen molar-refractivity contribution < 1.29 is 0 Å². The Balaban J connectivity index is 0. The Kier molecular flexibility index (Phi) is 33.0. The van der Waals surface area contributed by atoms with Gasteiger partial charge in [0, 0.05) is 17.0 Å². The lowest BCUT2D eigenvalue weighted by Gasteiger charge is -1.31. The minimum atomic E-state index is 0. The van der Waals surface area contributed by atoms with Crippen molar-refractivity contribution in [1.82, 2.24) is 0 Å². The second-order valence-corrected chi connectivity index (χ2v) is 0.0894. The molecule has 0 fully saturated rings. The molecule has 0 aliphatic rings. The lowest BCUT2D eigenvalue weighted by Crippen LogP contribution is -0.711. The minimum absolute atomic E-state index is 0. The zero-order chi connectivity index (χ0) is 2.71. The van der Waals surface area contributed by atoms with E-state index in [0.29, 0.717) is 0 Å². The van der Waals surface area contributed by atoms with Crippen LogP contribution >= 0.6 is 17.0 Å². The summed E-state index contributed by atoms with van der Waals surface area (Å²) in [6.45, 7) is 0. The summed E-state index contributed by atoms with van der Waals surface area (Å²) >= 11 is 0. The highest BCUT2D eigenvalue weighted by Crippen LogP contribution is 1.29. The number of hydrogen-bond donors (Lipinski definition) is 0. The predicted molar refractivity (Wildman–Crippen MR) is 19.0 cm³/mol. The van der Waals surface area contributed by atoms with Crippen molar-refractivity contribution in [2.45, 2.75) is 0 Å². The van der Waals surface area contributed by atoms with Crippen molar-refractivity contribution in [2.24, 2.45) is 0 Å². The number of halogens is 1. The highest BCUT2D eigenvalue weighted by Gasteiger charge is 0.689. The molecule has 0 aliphatic carbocycles. The Bertz CT molecular complexity index is 24.3. The monoisotopic (exact) mass is 121 g/mol. The van der Waals surface area contributed by atoms with Crippen molar-refractivity contribution in [3.8, 4) is 0 Å². The summed E-state index contributed by atoms with van der Waals surface area (Å²) in [5.74, 6) is 0. The van der Waals surface area contributed by atoms with Gasteiger partial charge in [0.05, 0.1) is 0 Å². The molecule has 0 saturated heterocycles. The van der Waals surface area contributed by atoms with Gasteiger partial charge in [0.1, 0.15) is 0 Å². The highest BCUT2D eigenvalue weighted by atomic mass is 79.9. The van der Waals surface area contributed by atoms with E-state index in [2.05, 4.69) is 0 Å². The molecule has 0 heterocycles. The fourth-order valence-corrected chi connectivity index (χ4v) is 0. The smallest absolute Gasteiger partial charge is 0 e. The molecule has 0 N–H and O–H groups in total. The molecule has 0 spiro atoms. The van der Waals surface area contributed by atoms with E-state index in [1.807, 2.05) is 0 Å². The van der Waals surface area contributed by atoms with Crippen LogP contribution in [0, 0.1) is 0 Å². The van der Waals surface area contributed by atoms with Crippen LogP contribution in [0.25, 0.3) is 16.0 Å². The zero-order valence-electron chi connectivity index (χ0n) is 1.72. The van der Waals surface area contributed by atoms with Gasteiger partial charge < -0.3 is 11.1 Å². The van der Waals surface area contributed by atoms with Crippen LogP contribution in [0.5, 0.6) is 0 Å². The molecule has 0 aliphatic heterocycles. The van der Waals surface area contributed by atoms with Gasteiger partial charge >= 0.3 is 0 Å². The normalized spacial score (nSPS) is 2.00. The van der Waals surface area contributed by atoms with Crippen LogP contribution in [0.4, 0.5) is 0 Å². The summed E-state index contributed by atoms with van der Waals surface area (Å²) in [6, 6.07) is 0. The average molecular weight is 122 g/mol. The number of hydrogen-bond acceptors (Lipinski definition) is 0. The van der Waals surface area contributed by atoms with Crippen LogP contribution in [0.1, 0.15) is 0 Å². The Hall–Kier alpha value is -0.210. The number of rotatable bonds is 0. The molecule has 0 aromatic rings. The first-order valence-electron chi connectivity index (χ1n) is 0.400. The van der Waals surface area contributed by atoms with Crippen molar-refractivity contribution >= 4 is 17.0 Å². The molecule has 0 atom stereocenters. The molecule has 0 bridgehead atoms. The quantitative estimate of drug-likeness (QED) is 0.266. The van der Waals surface area contributed by atoms with Crippen molar-refractivity contribution in [3.63, 3.8) is 0 Å². The average Bonchev–Trinajstić information content (AvgIpc) is 0.918. The van der Waals surface area contributed by atoms with Crippen LogP contribution in [-0.2, 0) is 0 Å². The SMILES string of the molecule is [Br].[N-]=[N+]=[N-]. The van der Waals surface area contributed by atoms with E-state index in [9.17, 15) is 0 Å². The van der Waals surface area contributed by atoms with Gasteiger partial charge in [-0.05, 0) is 0 Å². The lowest BCUT2D eigenvalue weighted by molar-refractivity contribution is 2.36. The summed E-state index contributed by atoms with van der Waals surface area (Å²) in [5.41, 5.74) is 13.5. The molecule has 0 aromatic heterocycles. The molecule has 1 radical (unpaired) electrons. The van der Waals surface area contributed by atoms with Crippen LogP contribution in [0.15, 0.2) is 0 Å². The van der Waals surface area contributed by atoms with E-state index in [0.717, 1.165) is 0 Å². The summed E-state index contributed by atoms with van der Waals surface area (Å²) < 4.78 is 0. The Morgan fingerprint density at radius 1 is 1.25 bits per heavy atom. The molecule has 0 saturated carbocycles. The lowest BCUT2D eigenvalue weighted by atomic mass is 13.0. The Morgan fingerprint density at radius 3 is 1.25 bits per heavy atom. The third-order valence-corrected chi connectivity index (χ3v) is 0. The topological polar surface area (TPSA) is 58.7 Å². The van der Waals surface area contributed by atoms with Gasteiger partial charge in [-0.25, -0.2) is 0 Å². The van der Waals surface area contributed by atoms with Gasteiger partial charge in [-0.3, -0.25) is 4.91 Å². The fourth-order valence-electron chi connectivity index (χ4n) is 0. The van der Waals surface area contributed by atoms with Gasteiger partial charge in [0.25, 0.3) is 0 Å². The van der Waals surface area contributed by atoms with Gasteiger partial charge in [-0.15, -0.1) is 0 Å². The van der Waals surface area contributed by atoms with E-state index in [4.69, 9.17) is 11.1 Å². The molecular formula is BrN3-. The molecule has 4 heavy (non-hydrogen) atoms. The standard InChI is InChI=1S/Br.N3/c;1-3-2/q;-1. The second kappa shape index (κ2) is 14.3. The van der Waals surface area contributed by atoms with Crippen molar-refractivity contribution in [2.75, 3.05) is 0 Å². The first-order chi connectivity index (χ1) is 1.41. The molecule has 23 valence electrons. The van der Waals surface area contributed by atoms with Crippen molar-refractivity contribution in [3.05, 3.63) is 16.0 Å². The maximum Gasteiger partial charge on any atom is 0 e. The molecule has 0 rings (SSSR count). The van der Waals surface area contributed by atoms with Gasteiger partial charge in [0.2, 0.25) is 0 Å². The number of nitrogens with zero attached hydrogens (tertiary/aromatic N) is 3. The van der Waals surface area contributed by atoms with Crippen LogP contribution in [0.3, 0.4) is 0 Å². The summed E-state index contributed by atoms with van der Waals surface area (Å²) in [4.78, 5) is 1.50. The van der Waals surface area contributed by atoms with Gasteiger partial charge in [-0.2, -0.15) is 0 Å². The first kappa shape index (κ1) is 9.21. The summed E-state index contributed by atoms with van der Waals surface area (Å²) in [6.07, 6.45) is 0. The summed E-state index contributed by atoms with van der Waals surface area (Å²) in [5, 5.41) is 0. The molecular weight excluding hydrogens is 122 g/mol. The van der Waals surface area contributed by atoms with Crippen molar-refractivity contribution in [1.29, 1.82) is 0 Å². The molecule has 0 unspecified atom stereocenters. The van der Waals surface area contributed by atoms with Crippen LogP contribution in [-0.4, -0.2) is 0 Å². The molecule has 0 amide bonds. The maximum absolute atomic E-state index is 6.75. The van der Waals surface area contributed by atoms with Gasteiger partial charge in [0.15, 0.2) is 0 Å². The predicted octanol–water partition coefficient (Wildman–Crippen LogP) is 1.71. The van der Waals surface area contributed by atoms with E-state index in [-0.39, 0.29) is 17.0 Å². The highest BCUT2D eigenvalue weighted by molar-refractivity contribution is 8.93. The van der Waals surface area contributed by atoms with Gasteiger partial charge in [-0.1, -0.05) is 0 Å². The fraction of sp³-hybridized carbons (Fsp3) is 0. The first-order valence-corrected chi connectivity index (χ1v) is 0.400. The third kappa shape index (κ3) is 25.3. The van der Waals surface area contributed by atoms with E-state index < -0.39 is 0 Å². The van der Waals surface area contributed by atoms with E-state index in [1.165, 1.54) is 4.91 Å².